The number of piperidine rings is 1. The van der Waals surface area contributed by atoms with E-state index < -0.39 is 0 Å². The van der Waals surface area contributed by atoms with Gasteiger partial charge >= 0.3 is 0 Å². The number of guanidine groups is 1. The molecule has 1 aromatic rings. The topological polar surface area (TPSA) is 55.8 Å². The molecule has 1 aliphatic heterocycles. The zero-order valence-corrected chi connectivity index (χ0v) is 18.5. The second-order valence-corrected chi connectivity index (χ2v) is 8.29. The SMILES string of the molecule is CN=C(NCCCN(C(C)C)C(C)C)NC1CCN(Cc2ccccn2)CC1. The van der Waals surface area contributed by atoms with Crippen LogP contribution in [0.5, 0.6) is 0 Å². The largest absolute Gasteiger partial charge is 0.356 e. The maximum atomic E-state index is 4.44. The highest BCUT2D eigenvalue weighted by molar-refractivity contribution is 5.79. The molecule has 0 aliphatic carbocycles. The van der Waals surface area contributed by atoms with Gasteiger partial charge in [0.15, 0.2) is 5.96 Å². The summed E-state index contributed by atoms with van der Waals surface area (Å²) in [5, 5.41) is 7.10. The number of nitrogens with zero attached hydrogens (tertiary/aromatic N) is 4. The maximum absolute atomic E-state index is 4.44. The molecule has 158 valence electrons. The fourth-order valence-electron chi connectivity index (χ4n) is 3.93. The van der Waals surface area contributed by atoms with Crippen molar-refractivity contribution in [3.8, 4) is 0 Å². The van der Waals surface area contributed by atoms with Crippen LogP contribution in [0.15, 0.2) is 29.4 Å². The minimum absolute atomic E-state index is 0.494. The smallest absolute Gasteiger partial charge is 0.191 e. The predicted octanol–water partition coefficient (Wildman–Crippen LogP) is 2.72. The van der Waals surface area contributed by atoms with E-state index >= 15 is 0 Å². The molecule has 0 spiro atoms. The highest BCUT2D eigenvalue weighted by Gasteiger charge is 2.20. The van der Waals surface area contributed by atoms with E-state index in [1.54, 1.807) is 0 Å². The Morgan fingerprint density at radius 1 is 1.21 bits per heavy atom. The Labute approximate surface area is 171 Å². The van der Waals surface area contributed by atoms with Crippen molar-refractivity contribution in [1.82, 2.24) is 25.4 Å². The van der Waals surface area contributed by atoms with Crippen LogP contribution in [0.4, 0.5) is 0 Å². The van der Waals surface area contributed by atoms with Gasteiger partial charge in [-0.25, -0.2) is 0 Å². The normalized spacial score (nSPS) is 16.9. The van der Waals surface area contributed by atoms with Crippen molar-refractivity contribution in [2.75, 3.05) is 33.2 Å². The number of aromatic nitrogens is 1. The third-order valence-corrected chi connectivity index (χ3v) is 5.48. The Bertz CT molecular complexity index is 556. The Morgan fingerprint density at radius 3 is 2.50 bits per heavy atom. The monoisotopic (exact) mass is 388 g/mol. The van der Waals surface area contributed by atoms with Crippen molar-refractivity contribution in [3.63, 3.8) is 0 Å². The van der Waals surface area contributed by atoms with Crippen LogP contribution in [-0.4, -0.2) is 72.1 Å². The molecule has 0 atom stereocenters. The first-order valence-corrected chi connectivity index (χ1v) is 10.8. The lowest BCUT2D eigenvalue weighted by Crippen LogP contribution is -2.49. The van der Waals surface area contributed by atoms with E-state index in [2.05, 4.69) is 70.2 Å². The van der Waals surface area contributed by atoms with Crippen LogP contribution in [0.25, 0.3) is 0 Å². The Balaban J connectivity index is 1.65. The summed E-state index contributed by atoms with van der Waals surface area (Å²) in [5.41, 5.74) is 1.16. The minimum Gasteiger partial charge on any atom is -0.356 e. The molecule has 2 N–H and O–H groups in total. The van der Waals surface area contributed by atoms with Crippen LogP contribution in [0.2, 0.25) is 0 Å². The lowest BCUT2D eigenvalue weighted by molar-refractivity contribution is 0.173. The second-order valence-electron chi connectivity index (χ2n) is 8.29. The predicted molar refractivity (Wildman–Crippen MR) is 119 cm³/mol. The van der Waals surface area contributed by atoms with Gasteiger partial charge in [-0.15, -0.1) is 0 Å². The molecular formula is C22H40N6. The fraction of sp³-hybridized carbons (Fsp3) is 0.727. The molecule has 0 amide bonds. The summed E-state index contributed by atoms with van der Waals surface area (Å²) in [7, 11) is 1.86. The Morgan fingerprint density at radius 2 is 1.93 bits per heavy atom. The molecule has 1 aromatic heterocycles. The summed E-state index contributed by atoms with van der Waals surface area (Å²) >= 11 is 0. The average molecular weight is 389 g/mol. The van der Waals surface area contributed by atoms with Gasteiger partial charge in [0.2, 0.25) is 0 Å². The minimum atomic E-state index is 0.494. The summed E-state index contributed by atoms with van der Waals surface area (Å²) in [6.45, 7) is 14.3. The summed E-state index contributed by atoms with van der Waals surface area (Å²) in [6.07, 6.45) is 5.28. The molecule has 1 fully saturated rings. The zero-order valence-electron chi connectivity index (χ0n) is 18.5. The highest BCUT2D eigenvalue weighted by atomic mass is 15.2. The molecule has 28 heavy (non-hydrogen) atoms. The summed E-state index contributed by atoms with van der Waals surface area (Å²) in [6, 6.07) is 7.82. The van der Waals surface area contributed by atoms with E-state index in [9.17, 15) is 0 Å². The first kappa shape index (κ1) is 22.6. The molecule has 0 saturated carbocycles. The van der Waals surface area contributed by atoms with E-state index in [0.717, 1.165) is 63.6 Å². The van der Waals surface area contributed by atoms with Gasteiger partial charge in [-0.1, -0.05) is 6.07 Å². The zero-order chi connectivity index (χ0) is 20.4. The Kier molecular flexibility index (Phi) is 9.71. The van der Waals surface area contributed by atoms with Gasteiger partial charge in [0.1, 0.15) is 0 Å². The second kappa shape index (κ2) is 12.0. The first-order valence-electron chi connectivity index (χ1n) is 10.8. The molecule has 6 nitrogen and oxygen atoms in total. The lowest BCUT2D eigenvalue weighted by Gasteiger charge is -2.33. The van der Waals surface area contributed by atoms with Crippen molar-refractivity contribution in [1.29, 1.82) is 0 Å². The van der Waals surface area contributed by atoms with Gasteiger partial charge in [0.25, 0.3) is 0 Å². The van der Waals surface area contributed by atoms with Gasteiger partial charge in [0, 0.05) is 64.1 Å². The van der Waals surface area contributed by atoms with Crippen molar-refractivity contribution < 1.29 is 0 Å². The number of hydrogen-bond donors (Lipinski definition) is 2. The van der Waals surface area contributed by atoms with Crippen LogP contribution in [0.3, 0.4) is 0 Å². The molecule has 1 saturated heterocycles. The number of pyridine rings is 1. The van der Waals surface area contributed by atoms with E-state index in [1.165, 1.54) is 0 Å². The van der Waals surface area contributed by atoms with E-state index in [-0.39, 0.29) is 0 Å². The number of hydrogen-bond acceptors (Lipinski definition) is 4. The van der Waals surface area contributed by atoms with Crippen molar-refractivity contribution in [2.24, 2.45) is 4.99 Å². The van der Waals surface area contributed by atoms with Crippen LogP contribution < -0.4 is 10.6 Å². The van der Waals surface area contributed by atoms with Gasteiger partial charge in [-0.05, 0) is 59.1 Å². The summed E-state index contributed by atoms with van der Waals surface area (Å²) in [5.74, 6) is 0.934. The third-order valence-electron chi connectivity index (χ3n) is 5.48. The lowest BCUT2D eigenvalue weighted by atomic mass is 10.0. The molecule has 2 rings (SSSR count). The molecule has 2 heterocycles. The van der Waals surface area contributed by atoms with Gasteiger partial charge < -0.3 is 10.6 Å². The molecule has 0 bridgehead atoms. The van der Waals surface area contributed by atoms with E-state index in [0.29, 0.717) is 18.1 Å². The van der Waals surface area contributed by atoms with E-state index in [4.69, 9.17) is 0 Å². The van der Waals surface area contributed by atoms with Gasteiger partial charge in [-0.2, -0.15) is 0 Å². The van der Waals surface area contributed by atoms with Crippen LogP contribution in [0.1, 0.15) is 52.7 Å². The highest BCUT2D eigenvalue weighted by Crippen LogP contribution is 2.13. The molecule has 0 unspecified atom stereocenters. The fourth-order valence-corrected chi connectivity index (χ4v) is 3.93. The maximum Gasteiger partial charge on any atom is 0.191 e. The first-order chi connectivity index (χ1) is 13.5. The van der Waals surface area contributed by atoms with E-state index in [1.807, 2.05) is 19.3 Å². The van der Waals surface area contributed by atoms with Crippen molar-refractivity contribution in [2.45, 2.75) is 71.6 Å². The molecule has 1 aliphatic rings. The third kappa shape index (κ3) is 7.76. The molecule has 0 aromatic carbocycles. The summed E-state index contributed by atoms with van der Waals surface area (Å²) in [4.78, 5) is 13.9. The van der Waals surface area contributed by atoms with Crippen LogP contribution >= 0.6 is 0 Å². The van der Waals surface area contributed by atoms with Crippen molar-refractivity contribution >= 4 is 5.96 Å². The summed E-state index contributed by atoms with van der Waals surface area (Å²) < 4.78 is 0. The van der Waals surface area contributed by atoms with Gasteiger partial charge in [-0.3, -0.25) is 19.8 Å². The number of likely N-dealkylation sites (tertiary alicyclic amines) is 1. The standard InChI is InChI=1S/C22H40N6/c1-18(2)28(19(3)4)14-8-13-25-22(23-5)26-20-10-15-27(16-11-20)17-21-9-6-7-12-24-21/h6-7,9,12,18-20H,8,10-11,13-17H2,1-5H3,(H2,23,25,26). The number of nitrogens with one attached hydrogen (secondary N) is 2. The molecule has 6 heteroatoms. The van der Waals surface area contributed by atoms with Crippen LogP contribution in [-0.2, 0) is 6.54 Å². The number of aliphatic imine (C=N–C) groups is 1. The average Bonchev–Trinajstić information content (AvgIpc) is 2.68. The number of rotatable bonds is 9. The molecule has 0 radical (unpaired) electrons. The molecular weight excluding hydrogens is 348 g/mol. The quantitative estimate of drug-likeness (QED) is 0.387. The Hall–Kier alpha value is -1.66. The van der Waals surface area contributed by atoms with Crippen molar-refractivity contribution in [3.05, 3.63) is 30.1 Å². The van der Waals surface area contributed by atoms with Gasteiger partial charge in [0.05, 0.1) is 5.69 Å². The van der Waals surface area contributed by atoms with Crippen LogP contribution in [0, 0.1) is 0 Å².